The van der Waals surface area contributed by atoms with Crippen LogP contribution in [-0.2, 0) is 0 Å². The highest BCUT2D eigenvalue weighted by Crippen LogP contribution is 2.45. The molecule has 0 amide bonds. The number of hydrogen-bond acceptors (Lipinski definition) is 4. The van der Waals surface area contributed by atoms with E-state index in [4.69, 9.17) is 19.4 Å². The summed E-state index contributed by atoms with van der Waals surface area (Å²) in [6.07, 6.45) is 0. The van der Waals surface area contributed by atoms with Gasteiger partial charge in [0, 0.05) is 55.3 Å². The monoisotopic (exact) mass is 740 g/mol. The molecule has 0 bridgehead atoms. The van der Waals surface area contributed by atoms with Crippen molar-refractivity contribution in [2.45, 2.75) is 0 Å². The van der Waals surface area contributed by atoms with Gasteiger partial charge in [0.15, 0.2) is 17.5 Å². The van der Waals surface area contributed by atoms with Crippen LogP contribution in [0.1, 0.15) is 0 Å². The van der Waals surface area contributed by atoms with Crippen molar-refractivity contribution in [3.05, 3.63) is 194 Å². The maximum absolute atomic E-state index is 6.87. The van der Waals surface area contributed by atoms with Crippen molar-refractivity contribution in [2.24, 2.45) is 0 Å². The molecule has 5 heteroatoms. The van der Waals surface area contributed by atoms with E-state index in [1.807, 2.05) is 72.8 Å². The standard InChI is InChI=1S/C53H32N4O/c1-4-15-33(16-5-1)42-31-44-48(32-46(42)57-45-30-38-23-11-10-22-37(38)29-43(45)40-28-27-34-17-12-13-24-39(34)50(40)57)58-47-26-14-25-41(49(44)47)53-55-51(35-18-6-2-7-19-35)54-52(56-53)36-20-8-3-9-21-36/h1-32H. The van der Waals surface area contributed by atoms with Crippen LogP contribution in [-0.4, -0.2) is 19.5 Å². The second-order valence-electron chi connectivity index (χ2n) is 14.8. The maximum atomic E-state index is 6.87. The lowest BCUT2D eigenvalue weighted by Gasteiger charge is -2.16. The van der Waals surface area contributed by atoms with Crippen molar-refractivity contribution in [1.29, 1.82) is 0 Å². The van der Waals surface area contributed by atoms with Gasteiger partial charge in [-0.25, -0.2) is 15.0 Å². The minimum Gasteiger partial charge on any atom is -0.456 e. The van der Waals surface area contributed by atoms with Gasteiger partial charge in [0.25, 0.3) is 0 Å². The normalized spacial score (nSPS) is 11.8. The van der Waals surface area contributed by atoms with Gasteiger partial charge in [-0.1, -0.05) is 164 Å². The quantitative estimate of drug-likeness (QED) is 0.176. The van der Waals surface area contributed by atoms with E-state index in [0.29, 0.717) is 17.5 Å². The summed E-state index contributed by atoms with van der Waals surface area (Å²) >= 11 is 0. The molecule has 0 N–H and O–H groups in total. The maximum Gasteiger partial charge on any atom is 0.164 e. The van der Waals surface area contributed by atoms with Crippen molar-refractivity contribution >= 4 is 65.3 Å². The van der Waals surface area contributed by atoms with Gasteiger partial charge in [-0.15, -0.1) is 0 Å². The highest BCUT2D eigenvalue weighted by atomic mass is 16.3. The molecule has 0 unspecified atom stereocenters. The van der Waals surface area contributed by atoms with Crippen LogP contribution in [0, 0.1) is 0 Å². The molecule has 5 nitrogen and oxygen atoms in total. The summed E-state index contributed by atoms with van der Waals surface area (Å²) in [5.74, 6) is 1.83. The molecule has 0 saturated carbocycles. The van der Waals surface area contributed by atoms with Crippen LogP contribution in [0.25, 0.3) is 116 Å². The van der Waals surface area contributed by atoms with Crippen LogP contribution in [0.5, 0.6) is 0 Å². The van der Waals surface area contributed by atoms with Gasteiger partial charge in [-0.2, -0.15) is 0 Å². The Hall–Kier alpha value is -7.89. The first-order valence-electron chi connectivity index (χ1n) is 19.5. The Kier molecular flexibility index (Phi) is 7.16. The molecule has 0 aliphatic rings. The molecule has 0 radical (unpaired) electrons. The van der Waals surface area contributed by atoms with E-state index in [-0.39, 0.29) is 0 Å². The molecule has 3 aromatic heterocycles. The predicted molar refractivity (Wildman–Crippen MR) is 238 cm³/mol. The number of rotatable bonds is 5. The molecule has 270 valence electrons. The number of fused-ring (bicyclic) bond motifs is 9. The Bertz CT molecular complexity index is 3500. The number of aromatic nitrogens is 4. The summed E-state index contributed by atoms with van der Waals surface area (Å²) < 4.78 is 9.33. The van der Waals surface area contributed by atoms with Crippen molar-refractivity contribution < 1.29 is 4.42 Å². The van der Waals surface area contributed by atoms with Crippen LogP contribution < -0.4 is 0 Å². The molecule has 0 aliphatic carbocycles. The Morgan fingerprint density at radius 1 is 0.362 bits per heavy atom. The molecular formula is C53H32N4O. The van der Waals surface area contributed by atoms with Crippen molar-refractivity contribution in [2.75, 3.05) is 0 Å². The topological polar surface area (TPSA) is 56.7 Å². The van der Waals surface area contributed by atoms with Crippen molar-refractivity contribution in [3.8, 4) is 51.0 Å². The summed E-state index contributed by atoms with van der Waals surface area (Å²) in [6.45, 7) is 0. The zero-order valence-corrected chi connectivity index (χ0v) is 31.2. The third-order valence-corrected chi connectivity index (χ3v) is 11.4. The molecular weight excluding hydrogens is 709 g/mol. The van der Waals surface area contributed by atoms with E-state index >= 15 is 0 Å². The summed E-state index contributed by atoms with van der Waals surface area (Å²) in [5, 5.41) is 9.19. The lowest BCUT2D eigenvalue weighted by atomic mass is 9.98. The van der Waals surface area contributed by atoms with Gasteiger partial charge < -0.3 is 8.98 Å². The van der Waals surface area contributed by atoms with Crippen LogP contribution in [0.15, 0.2) is 199 Å². The fourth-order valence-electron chi connectivity index (χ4n) is 8.72. The SMILES string of the molecule is c1ccc(-c2nc(-c3ccccc3)nc(-c3cccc4oc5cc(-n6c7cc8ccccc8cc7c7ccc8ccccc8c76)c(-c6ccccc6)cc5c34)n2)cc1. The van der Waals surface area contributed by atoms with Crippen molar-refractivity contribution in [3.63, 3.8) is 0 Å². The zero-order valence-electron chi connectivity index (χ0n) is 31.2. The van der Waals surface area contributed by atoms with Crippen LogP contribution in [0.3, 0.4) is 0 Å². The molecule has 9 aromatic carbocycles. The number of benzene rings is 9. The summed E-state index contributed by atoms with van der Waals surface area (Å²) in [5.41, 5.74) is 9.85. The van der Waals surface area contributed by atoms with Gasteiger partial charge in [0.05, 0.1) is 16.7 Å². The first-order valence-corrected chi connectivity index (χ1v) is 19.5. The number of hydrogen-bond donors (Lipinski definition) is 0. The van der Waals surface area contributed by atoms with E-state index in [0.717, 1.165) is 61.0 Å². The second kappa shape index (κ2) is 12.8. The van der Waals surface area contributed by atoms with Crippen molar-refractivity contribution in [1.82, 2.24) is 19.5 Å². The van der Waals surface area contributed by atoms with Gasteiger partial charge in [0.1, 0.15) is 11.2 Å². The molecule has 12 rings (SSSR count). The predicted octanol–water partition coefficient (Wildman–Crippen LogP) is 13.8. The molecule has 0 saturated heterocycles. The van der Waals surface area contributed by atoms with Crippen LogP contribution in [0.2, 0.25) is 0 Å². The molecule has 0 atom stereocenters. The summed E-state index contributed by atoms with van der Waals surface area (Å²) in [4.78, 5) is 15.2. The Labute approximate surface area is 333 Å². The Balaban J connectivity index is 1.18. The van der Waals surface area contributed by atoms with Crippen LogP contribution in [0.4, 0.5) is 0 Å². The third-order valence-electron chi connectivity index (χ3n) is 11.4. The molecule has 12 aromatic rings. The minimum absolute atomic E-state index is 0.590. The average molecular weight is 741 g/mol. The third kappa shape index (κ3) is 5.07. The van der Waals surface area contributed by atoms with E-state index in [1.165, 1.54) is 37.8 Å². The van der Waals surface area contributed by atoms with E-state index < -0.39 is 0 Å². The average Bonchev–Trinajstić information content (AvgIpc) is 3.83. The first-order chi connectivity index (χ1) is 28.7. The number of furan rings is 1. The lowest BCUT2D eigenvalue weighted by Crippen LogP contribution is -2.00. The summed E-state index contributed by atoms with van der Waals surface area (Å²) in [6, 6.07) is 68.1. The van der Waals surface area contributed by atoms with Gasteiger partial charge in [-0.3, -0.25) is 0 Å². The molecule has 3 heterocycles. The first kappa shape index (κ1) is 32.4. The van der Waals surface area contributed by atoms with E-state index in [1.54, 1.807) is 0 Å². The molecule has 0 fully saturated rings. The summed E-state index contributed by atoms with van der Waals surface area (Å²) in [7, 11) is 0. The largest absolute Gasteiger partial charge is 0.456 e. The Morgan fingerprint density at radius 3 is 1.67 bits per heavy atom. The fourth-order valence-corrected chi connectivity index (χ4v) is 8.72. The van der Waals surface area contributed by atoms with E-state index in [2.05, 4.69) is 126 Å². The minimum atomic E-state index is 0.590. The number of nitrogens with zero attached hydrogens (tertiary/aromatic N) is 4. The lowest BCUT2D eigenvalue weighted by molar-refractivity contribution is 0.668. The highest BCUT2D eigenvalue weighted by molar-refractivity contribution is 6.21. The Morgan fingerprint density at radius 2 is 0.966 bits per heavy atom. The second-order valence-corrected chi connectivity index (χ2v) is 14.8. The van der Waals surface area contributed by atoms with Gasteiger partial charge in [0.2, 0.25) is 0 Å². The highest BCUT2D eigenvalue weighted by Gasteiger charge is 2.23. The smallest absolute Gasteiger partial charge is 0.164 e. The van der Waals surface area contributed by atoms with Gasteiger partial charge in [-0.05, 0) is 46.0 Å². The van der Waals surface area contributed by atoms with Gasteiger partial charge >= 0.3 is 0 Å². The van der Waals surface area contributed by atoms with E-state index in [9.17, 15) is 0 Å². The zero-order chi connectivity index (χ0) is 38.2. The molecule has 0 spiro atoms. The fraction of sp³-hybridized carbons (Fsp3) is 0. The molecule has 58 heavy (non-hydrogen) atoms. The van der Waals surface area contributed by atoms with Crippen LogP contribution >= 0.6 is 0 Å². The molecule has 0 aliphatic heterocycles.